The molecule has 1 amide bonds. The second-order valence-electron chi connectivity index (χ2n) is 5.70. The molecule has 0 bridgehead atoms. The smallest absolute Gasteiger partial charge is 0.223 e. The van der Waals surface area contributed by atoms with Gasteiger partial charge in [-0.1, -0.05) is 26.7 Å². The van der Waals surface area contributed by atoms with E-state index >= 15 is 0 Å². The minimum Gasteiger partial charge on any atom is -0.353 e. The van der Waals surface area contributed by atoms with Gasteiger partial charge < -0.3 is 11.1 Å². The Labute approximate surface area is 106 Å². The van der Waals surface area contributed by atoms with E-state index in [0.29, 0.717) is 12.0 Å². The summed E-state index contributed by atoms with van der Waals surface area (Å²) in [5.74, 6) is 0.909. The van der Waals surface area contributed by atoms with E-state index in [0.717, 1.165) is 25.7 Å². The van der Waals surface area contributed by atoms with E-state index in [1.54, 1.807) is 0 Å². The second-order valence-corrected chi connectivity index (χ2v) is 5.70. The zero-order valence-corrected chi connectivity index (χ0v) is 11.5. The molecular weight excluding hydrogens is 212 g/mol. The number of unbranched alkanes of at least 4 members (excludes halogenated alkanes) is 1. The van der Waals surface area contributed by atoms with Gasteiger partial charge in [-0.3, -0.25) is 4.79 Å². The minimum absolute atomic E-state index is 0.189. The molecule has 100 valence electrons. The van der Waals surface area contributed by atoms with Gasteiger partial charge in [0.05, 0.1) is 0 Å². The van der Waals surface area contributed by atoms with Crippen molar-refractivity contribution >= 4 is 5.91 Å². The molecule has 1 saturated carbocycles. The molecule has 0 aromatic carbocycles. The monoisotopic (exact) mass is 240 g/mol. The quantitative estimate of drug-likeness (QED) is 0.775. The Morgan fingerprint density at radius 3 is 2.76 bits per heavy atom. The molecule has 0 saturated heterocycles. The summed E-state index contributed by atoms with van der Waals surface area (Å²) >= 11 is 0. The molecule has 3 heteroatoms. The van der Waals surface area contributed by atoms with Gasteiger partial charge in [-0.25, -0.2) is 0 Å². The zero-order valence-electron chi connectivity index (χ0n) is 11.5. The normalized spacial score (nSPS) is 30.9. The summed E-state index contributed by atoms with van der Waals surface area (Å²) in [5, 5.41) is 3.14. The van der Waals surface area contributed by atoms with Crippen LogP contribution in [0.5, 0.6) is 0 Å². The molecule has 0 spiro atoms. The SMILES string of the molecule is CCCCC(C)NC(=O)C1CCC(N)C(C)C1. The van der Waals surface area contributed by atoms with Crippen molar-refractivity contribution in [3.63, 3.8) is 0 Å². The maximum atomic E-state index is 12.1. The Bertz CT molecular complexity index is 242. The average molecular weight is 240 g/mol. The lowest BCUT2D eigenvalue weighted by molar-refractivity contribution is -0.127. The van der Waals surface area contributed by atoms with Gasteiger partial charge in [0.15, 0.2) is 0 Å². The fraction of sp³-hybridized carbons (Fsp3) is 0.929. The lowest BCUT2D eigenvalue weighted by Gasteiger charge is -2.31. The Morgan fingerprint density at radius 2 is 2.18 bits per heavy atom. The molecular formula is C14H28N2O. The molecule has 1 rings (SSSR count). The van der Waals surface area contributed by atoms with E-state index in [1.807, 2.05) is 0 Å². The van der Waals surface area contributed by atoms with Crippen molar-refractivity contribution in [2.24, 2.45) is 17.6 Å². The van der Waals surface area contributed by atoms with E-state index in [9.17, 15) is 4.79 Å². The summed E-state index contributed by atoms with van der Waals surface area (Å²) in [6.07, 6.45) is 6.36. The number of hydrogen-bond donors (Lipinski definition) is 2. The summed E-state index contributed by atoms with van der Waals surface area (Å²) in [6.45, 7) is 6.44. The van der Waals surface area contributed by atoms with Crippen LogP contribution in [0.25, 0.3) is 0 Å². The first-order valence-corrected chi connectivity index (χ1v) is 7.10. The number of carbonyl (C=O) groups is 1. The molecule has 3 N–H and O–H groups in total. The van der Waals surface area contributed by atoms with Gasteiger partial charge in [0.1, 0.15) is 0 Å². The topological polar surface area (TPSA) is 55.1 Å². The van der Waals surface area contributed by atoms with Crippen molar-refractivity contribution in [3.05, 3.63) is 0 Å². The molecule has 0 aliphatic heterocycles. The van der Waals surface area contributed by atoms with Crippen molar-refractivity contribution in [3.8, 4) is 0 Å². The predicted octanol–water partition coefficient (Wildman–Crippen LogP) is 2.44. The van der Waals surface area contributed by atoms with E-state index < -0.39 is 0 Å². The van der Waals surface area contributed by atoms with Crippen LogP contribution >= 0.6 is 0 Å². The molecule has 0 aromatic rings. The number of carbonyl (C=O) groups excluding carboxylic acids is 1. The molecule has 0 heterocycles. The Hall–Kier alpha value is -0.570. The number of hydrogen-bond acceptors (Lipinski definition) is 2. The average Bonchev–Trinajstić information content (AvgIpc) is 2.30. The third-order valence-electron chi connectivity index (χ3n) is 3.99. The molecule has 1 fully saturated rings. The van der Waals surface area contributed by atoms with Crippen LogP contribution in [0.1, 0.15) is 59.3 Å². The number of amides is 1. The highest BCUT2D eigenvalue weighted by Crippen LogP contribution is 2.28. The van der Waals surface area contributed by atoms with Crippen molar-refractivity contribution in [2.45, 2.75) is 71.4 Å². The van der Waals surface area contributed by atoms with Crippen LogP contribution < -0.4 is 11.1 Å². The van der Waals surface area contributed by atoms with Gasteiger partial charge in [0.2, 0.25) is 5.91 Å². The summed E-state index contributed by atoms with van der Waals surface area (Å²) in [5.41, 5.74) is 5.98. The first-order chi connectivity index (χ1) is 8.04. The van der Waals surface area contributed by atoms with E-state index in [-0.39, 0.29) is 17.9 Å². The van der Waals surface area contributed by atoms with Crippen molar-refractivity contribution in [1.29, 1.82) is 0 Å². The maximum Gasteiger partial charge on any atom is 0.223 e. The highest BCUT2D eigenvalue weighted by molar-refractivity contribution is 5.79. The van der Waals surface area contributed by atoms with E-state index in [4.69, 9.17) is 5.73 Å². The highest BCUT2D eigenvalue weighted by atomic mass is 16.1. The van der Waals surface area contributed by atoms with Crippen LogP contribution in [0.15, 0.2) is 0 Å². The molecule has 3 nitrogen and oxygen atoms in total. The molecule has 1 aliphatic carbocycles. The summed E-state index contributed by atoms with van der Waals surface area (Å²) in [6, 6.07) is 0.602. The Morgan fingerprint density at radius 1 is 1.47 bits per heavy atom. The van der Waals surface area contributed by atoms with Gasteiger partial charge in [-0.05, 0) is 38.5 Å². The lowest BCUT2D eigenvalue weighted by Crippen LogP contribution is -2.43. The van der Waals surface area contributed by atoms with Crippen LogP contribution in [0.3, 0.4) is 0 Å². The molecule has 1 aliphatic rings. The first-order valence-electron chi connectivity index (χ1n) is 7.10. The van der Waals surface area contributed by atoms with Gasteiger partial charge >= 0.3 is 0 Å². The van der Waals surface area contributed by atoms with Crippen LogP contribution in [-0.2, 0) is 4.79 Å². The van der Waals surface area contributed by atoms with Crippen LogP contribution in [0.2, 0.25) is 0 Å². The number of rotatable bonds is 5. The first kappa shape index (κ1) is 14.5. The molecule has 4 atom stereocenters. The fourth-order valence-corrected chi connectivity index (χ4v) is 2.60. The summed E-state index contributed by atoms with van der Waals surface area (Å²) in [4.78, 5) is 12.1. The van der Waals surface area contributed by atoms with Crippen LogP contribution in [-0.4, -0.2) is 18.0 Å². The third-order valence-corrected chi connectivity index (χ3v) is 3.99. The van der Waals surface area contributed by atoms with E-state index in [1.165, 1.54) is 12.8 Å². The van der Waals surface area contributed by atoms with Crippen molar-refractivity contribution < 1.29 is 4.79 Å². The van der Waals surface area contributed by atoms with Gasteiger partial charge in [0, 0.05) is 18.0 Å². The van der Waals surface area contributed by atoms with Gasteiger partial charge in [0.25, 0.3) is 0 Å². The number of nitrogens with two attached hydrogens (primary N) is 1. The Kier molecular flexibility index (Phi) is 5.96. The Balaban J connectivity index is 2.32. The third kappa shape index (κ3) is 4.66. The van der Waals surface area contributed by atoms with Crippen molar-refractivity contribution in [1.82, 2.24) is 5.32 Å². The molecule has 0 aromatic heterocycles. The second kappa shape index (κ2) is 7.00. The summed E-state index contributed by atoms with van der Waals surface area (Å²) in [7, 11) is 0. The number of nitrogens with one attached hydrogen (secondary N) is 1. The van der Waals surface area contributed by atoms with Gasteiger partial charge in [-0.15, -0.1) is 0 Å². The molecule has 0 radical (unpaired) electrons. The zero-order chi connectivity index (χ0) is 12.8. The standard InChI is InChI=1S/C14H28N2O/c1-4-5-6-11(3)16-14(17)12-7-8-13(15)10(2)9-12/h10-13H,4-9,15H2,1-3H3,(H,16,17). The van der Waals surface area contributed by atoms with Crippen LogP contribution in [0, 0.1) is 11.8 Å². The highest BCUT2D eigenvalue weighted by Gasteiger charge is 2.29. The van der Waals surface area contributed by atoms with Crippen LogP contribution in [0.4, 0.5) is 0 Å². The fourth-order valence-electron chi connectivity index (χ4n) is 2.60. The predicted molar refractivity (Wildman–Crippen MR) is 71.6 cm³/mol. The van der Waals surface area contributed by atoms with Gasteiger partial charge in [-0.2, -0.15) is 0 Å². The summed E-state index contributed by atoms with van der Waals surface area (Å²) < 4.78 is 0. The minimum atomic E-state index is 0.189. The lowest BCUT2D eigenvalue weighted by atomic mass is 9.79. The largest absolute Gasteiger partial charge is 0.353 e. The molecule has 4 unspecified atom stereocenters. The maximum absolute atomic E-state index is 12.1. The van der Waals surface area contributed by atoms with Crippen molar-refractivity contribution in [2.75, 3.05) is 0 Å². The van der Waals surface area contributed by atoms with E-state index in [2.05, 4.69) is 26.1 Å². The molecule has 17 heavy (non-hydrogen) atoms.